The van der Waals surface area contributed by atoms with Crippen LogP contribution in [0.3, 0.4) is 0 Å². The Hall–Kier alpha value is -3.58. The highest BCUT2D eigenvalue weighted by Crippen LogP contribution is 2.40. The second-order valence-corrected chi connectivity index (χ2v) is 8.85. The van der Waals surface area contributed by atoms with E-state index in [1.165, 1.54) is 11.6 Å². The summed E-state index contributed by atoms with van der Waals surface area (Å²) in [5.41, 5.74) is 4.66. The Bertz CT molecular complexity index is 1490. The molecular formula is C27H29N3O4. The second-order valence-electron chi connectivity index (χ2n) is 8.85. The molecule has 0 unspecified atom stereocenters. The van der Waals surface area contributed by atoms with Crippen molar-refractivity contribution < 1.29 is 9.47 Å². The number of hydrogen-bond donors (Lipinski definition) is 0. The van der Waals surface area contributed by atoms with E-state index in [4.69, 9.17) is 9.47 Å². The van der Waals surface area contributed by atoms with Crippen LogP contribution in [0.4, 0.5) is 0 Å². The fraction of sp³-hybridized carbons (Fsp3) is 0.333. The van der Waals surface area contributed by atoms with Crippen LogP contribution >= 0.6 is 0 Å². The summed E-state index contributed by atoms with van der Waals surface area (Å²) in [4.78, 5) is 26.4. The second kappa shape index (κ2) is 8.65. The Balaban J connectivity index is 1.80. The van der Waals surface area contributed by atoms with Crippen LogP contribution in [-0.2, 0) is 25.4 Å². The molecule has 176 valence electrons. The van der Waals surface area contributed by atoms with Gasteiger partial charge in [-0.3, -0.25) is 13.9 Å². The normalized spacial score (nSPS) is 15.5. The molecule has 0 fully saturated rings. The van der Waals surface area contributed by atoms with Gasteiger partial charge in [-0.25, -0.2) is 4.79 Å². The number of fused-ring (bicyclic) bond motifs is 3. The lowest BCUT2D eigenvalue weighted by Crippen LogP contribution is -2.37. The van der Waals surface area contributed by atoms with Crippen molar-refractivity contribution in [1.29, 1.82) is 0 Å². The highest BCUT2D eigenvalue weighted by Gasteiger charge is 2.33. The zero-order valence-electron chi connectivity index (χ0n) is 20.0. The van der Waals surface area contributed by atoms with E-state index in [0.717, 1.165) is 40.2 Å². The predicted molar refractivity (Wildman–Crippen MR) is 133 cm³/mol. The number of nitrogens with zero attached hydrogens (tertiary/aromatic N) is 3. The molecule has 0 saturated carbocycles. The topological polar surface area (TPSA) is 67.4 Å². The van der Waals surface area contributed by atoms with E-state index in [9.17, 15) is 9.59 Å². The molecule has 34 heavy (non-hydrogen) atoms. The Kier molecular flexibility index (Phi) is 5.65. The number of benzene rings is 2. The molecule has 0 N–H and O–H groups in total. The van der Waals surface area contributed by atoms with Gasteiger partial charge in [0, 0.05) is 20.6 Å². The third-order valence-corrected chi connectivity index (χ3v) is 6.50. The zero-order chi connectivity index (χ0) is 24.0. The lowest BCUT2D eigenvalue weighted by atomic mass is 10.0. The van der Waals surface area contributed by atoms with E-state index in [-0.39, 0.29) is 11.2 Å². The fourth-order valence-electron chi connectivity index (χ4n) is 4.88. The lowest BCUT2D eigenvalue weighted by molar-refractivity contribution is 0.0478. The lowest BCUT2D eigenvalue weighted by Gasteiger charge is -2.28. The molecule has 1 aliphatic heterocycles. The first-order valence-corrected chi connectivity index (χ1v) is 11.7. The van der Waals surface area contributed by atoms with Crippen molar-refractivity contribution in [2.45, 2.75) is 32.9 Å². The average molecular weight is 460 g/mol. The number of rotatable bonds is 5. The Labute approximate surface area is 197 Å². The Morgan fingerprint density at radius 3 is 2.53 bits per heavy atom. The van der Waals surface area contributed by atoms with Crippen LogP contribution in [0.15, 0.2) is 58.1 Å². The molecular weight excluding hydrogens is 430 g/mol. The summed E-state index contributed by atoms with van der Waals surface area (Å²) >= 11 is 0. The molecule has 2 aromatic heterocycles. The standard InChI is InChI=1S/C27H29N3O4/c1-5-14-33-20-11-9-18(10-12-20)25-24-23-21(26(31)29(4)27(32)28(23)3)22(30(24)13-15-34-25)19-8-6-7-17(2)16-19/h6-12,16,25H,5,13-15H2,1-4H3/t25-/m1/s1. The SMILES string of the molecule is CCCOc1ccc([C@H]2OCCn3c(-c4cccc(C)c4)c4c(=O)n(C)c(=O)n(C)c4c32)cc1. The van der Waals surface area contributed by atoms with Crippen molar-refractivity contribution in [3.05, 3.63) is 86.2 Å². The van der Waals surface area contributed by atoms with Crippen LogP contribution in [0.2, 0.25) is 0 Å². The van der Waals surface area contributed by atoms with Crippen LogP contribution in [0.1, 0.15) is 36.3 Å². The Morgan fingerprint density at radius 2 is 1.82 bits per heavy atom. The molecule has 7 nitrogen and oxygen atoms in total. The van der Waals surface area contributed by atoms with Gasteiger partial charge in [-0.1, -0.05) is 42.8 Å². The van der Waals surface area contributed by atoms with Gasteiger partial charge in [-0.2, -0.15) is 0 Å². The van der Waals surface area contributed by atoms with Crippen LogP contribution < -0.4 is 16.0 Å². The average Bonchev–Trinajstić information content (AvgIpc) is 3.21. The van der Waals surface area contributed by atoms with Gasteiger partial charge in [0.25, 0.3) is 5.56 Å². The van der Waals surface area contributed by atoms with Crippen molar-refractivity contribution in [3.8, 4) is 17.0 Å². The molecule has 1 atom stereocenters. The molecule has 3 heterocycles. The van der Waals surface area contributed by atoms with Crippen molar-refractivity contribution >= 4 is 10.9 Å². The molecule has 1 aliphatic rings. The number of ether oxygens (including phenoxy) is 2. The van der Waals surface area contributed by atoms with Gasteiger partial charge < -0.3 is 14.0 Å². The highest BCUT2D eigenvalue weighted by atomic mass is 16.5. The third kappa shape index (κ3) is 3.47. The number of hydrogen-bond acceptors (Lipinski definition) is 4. The van der Waals surface area contributed by atoms with Gasteiger partial charge in [-0.05, 0) is 42.7 Å². The minimum atomic E-state index is -0.409. The minimum absolute atomic E-state index is 0.293. The van der Waals surface area contributed by atoms with E-state index in [0.29, 0.717) is 30.7 Å². The van der Waals surface area contributed by atoms with Crippen LogP contribution in [-0.4, -0.2) is 26.9 Å². The third-order valence-electron chi connectivity index (χ3n) is 6.50. The van der Waals surface area contributed by atoms with Gasteiger partial charge in [0.2, 0.25) is 0 Å². The summed E-state index contributed by atoms with van der Waals surface area (Å²) in [5, 5.41) is 0.545. The molecule has 0 bridgehead atoms. The summed E-state index contributed by atoms with van der Waals surface area (Å²) in [6.07, 6.45) is 0.533. The molecule has 2 aromatic carbocycles. The number of aromatic nitrogens is 3. The molecule has 4 aromatic rings. The first kappa shape index (κ1) is 22.2. The van der Waals surface area contributed by atoms with Crippen molar-refractivity contribution in [1.82, 2.24) is 13.7 Å². The molecule has 0 amide bonds. The van der Waals surface area contributed by atoms with Gasteiger partial charge in [-0.15, -0.1) is 0 Å². The maximum absolute atomic E-state index is 13.5. The Morgan fingerprint density at radius 1 is 1.06 bits per heavy atom. The summed E-state index contributed by atoms with van der Waals surface area (Å²) in [7, 11) is 3.25. The van der Waals surface area contributed by atoms with Crippen LogP contribution in [0.5, 0.6) is 5.75 Å². The molecule has 0 radical (unpaired) electrons. The first-order valence-electron chi connectivity index (χ1n) is 11.7. The maximum atomic E-state index is 13.5. The quantitative estimate of drug-likeness (QED) is 0.454. The molecule has 0 aliphatic carbocycles. The largest absolute Gasteiger partial charge is 0.494 e. The highest BCUT2D eigenvalue weighted by molar-refractivity contribution is 5.96. The van der Waals surface area contributed by atoms with Crippen molar-refractivity contribution in [2.24, 2.45) is 14.1 Å². The van der Waals surface area contributed by atoms with Crippen molar-refractivity contribution in [2.75, 3.05) is 13.2 Å². The van der Waals surface area contributed by atoms with Gasteiger partial charge in [0.05, 0.1) is 35.5 Å². The molecule has 0 saturated heterocycles. The predicted octanol–water partition coefficient (Wildman–Crippen LogP) is 3.92. The molecule has 5 rings (SSSR count). The monoisotopic (exact) mass is 459 g/mol. The summed E-state index contributed by atoms with van der Waals surface area (Å²) < 4.78 is 16.9. The van der Waals surface area contributed by atoms with E-state index >= 15 is 0 Å². The molecule has 7 heteroatoms. The first-order chi connectivity index (χ1) is 16.4. The van der Waals surface area contributed by atoms with Gasteiger partial charge in [0.15, 0.2) is 0 Å². The van der Waals surface area contributed by atoms with Gasteiger partial charge in [0.1, 0.15) is 11.9 Å². The maximum Gasteiger partial charge on any atom is 0.331 e. The minimum Gasteiger partial charge on any atom is -0.494 e. The molecule has 0 spiro atoms. The van der Waals surface area contributed by atoms with E-state index in [1.807, 2.05) is 49.4 Å². The smallest absolute Gasteiger partial charge is 0.331 e. The van der Waals surface area contributed by atoms with E-state index < -0.39 is 6.10 Å². The summed E-state index contributed by atoms with van der Waals surface area (Å²) in [5.74, 6) is 0.809. The van der Waals surface area contributed by atoms with E-state index in [2.05, 4.69) is 17.6 Å². The summed E-state index contributed by atoms with van der Waals surface area (Å²) in [6.45, 7) is 5.87. The summed E-state index contributed by atoms with van der Waals surface area (Å²) in [6, 6.07) is 16.0. The fourth-order valence-corrected chi connectivity index (χ4v) is 4.88. The van der Waals surface area contributed by atoms with Crippen molar-refractivity contribution in [3.63, 3.8) is 0 Å². The van der Waals surface area contributed by atoms with E-state index in [1.54, 1.807) is 11.6 Å². The zero-order valence-corrected chi connectivity index (χ0v) is 20.0. The van der Waals surface area contributed by atoms with Crippen LogP contribution in [0, 0.1) is 6.92 Å². The van der Waals surface area contributed by atoms with Crippen LogP contribution in [0.25, 0.3) is 22.2 Å². The van der Waals surface area contributed by atoms with Gasteiger partial charge >= 0.3 is 5.69 Å². The number of aryl methyl sites for hydroxylation is 2.